The van der Waals surface area contributed by atoms with Crippen molar-refractivity contribution >= 4 is 41.7 Å². The lowest BCUT2D eigenvalue weighted by Gasteiger charge is -2.12. The van der Waals surface area contributed by atoms with E-state index in [2.05, 4.69) is 10.6 Å². The fourth-order valence-electron chi connectivity index (χ4n) is 1.58. The molecule has 0 radical (unpaired) electrons. The van der Waals surface area contributed by atoms with Gasteiger partial charge >= 0.3 is 0 Å². The third kappa shape index (κ3) is 6.84. The zero-order valence-electron chi connectivity index (χ0n) is 12.2. The molecule has 0 saturated heterocycles. The molecule has 0 heterocycles. The molecule has 0 aliphatic rings. The van der Waals surface area contributed by atoms with Gasteiger partial charge in [-0.1, -0.05) is 0 Å². The van der Waals surface area contributed by atoms with Crippen molar-refractivity contribution in [1.82, 2.24) is 5.32 Å². The number of halogens is 1. The van der Waals surface area contributed by atoms with Crippen LogP contribution >= 0.6 is 24.2 Å². The van der Waals surface area contributed by atoms with E-state index < -0.39 is 6.04 Å². The van der Waals surface area contributed by atoms with Gasteiger partial charge in [0.05, 0.1) is 6.04 Å². The first-order chi connectivity index (χ1) is 9.58. The molecule has 0 fully saturated rings. The van der Waals surface area contributed by atoms with E-state index in [4.69, 9.17) is 5.73 Å². The third-order valence-corrected chi connectivity index (χ3v) is 3.37. The lowest BCUT2D eigenvalue weighted by Crippen LogP contribution is -2.36. The van der Waals surface area contributed by atoms with Crippen molar-refractivity contribution in [2.45, 2.75) is 19.4 Å². The van der Waals surface area contributed by atoms with Gasteiger partial charge in [0, 0.05) is 17.8 Å². The highest BCUT2D eigenvalue weighted by Crippen LogP contribution is 2.10. The average molecular weight is 332 g/mol. The van der Waals surface area contributed by atoms with Crippen LogP contribution in [0.4, 0.5) is 5.69 Å². The highest BCUT2D eigenvalue weighted by molar-refractivity contribution is 7.98. The molecule has 7 heteroatoms. The second-order valence-electron chi connectivity index (χ2n) is 4.31. The molecule has 1 aromatic rings. The second-order valence-corrected chi connectivity index (χ2v) is 5.30. The SMILES string of the molecule is CCNC(=O)c1ccc(NC(=O)[C@@H](N)CCSC)cc1.Cl. The van der Waals surface area contributed by atoms with Crippen LogP contribution in [-0.2, 0) is 4.79 Å². The standard InChI is InChI=1S/C14H21N3O2S.ClH/c1-3-16-13(18)10-4-6-11(7-5-10)17-14(19)12(15)8-9-20-2;/h4-7,12H,3,8-9,15H2,1-2H3,(H,16,18)(H,17,19);1H/t12-;/m0./s1. The molecule has 0 aliphatic heterocycles. The van der Waals surface area contributed by atoms with Crippen molar-refractivity contribution in [2.24, 2.45) is 5.73 Å². The van der Waals surface area contributed by atoms with Gasteiger partial charge in [0.25, 0.3) is 5.91 Å². The molecule has 5 nitrogen and oxygen atoms in total. The van der Waals surface area contributed by atoms with Crippen LogP contribution in [0, 0.1) is 0 Å². The van der Waals surface area contributed by atoms with E-state index in [1.807, 2.05) is 13.2 Å². The summed E-state index contributed by atoms with van der Waals surface area (Å²) in [6, 6.07) is 6.24. The van der Waals surface area contributed by atoms with Crippen LogP contribution in [0.2, 0.25) is 0 Å². The summed E-state index contributed by atoms with van der Waals surface area (Å²) in [5.41, 5.74) is 6.99. The monoisotopic (exact) mass is 331 g/mol. The van der Waals surface area contributed by atoms with E-state index in [-0.39, 0.29) is 24.2 Å². The number of rotatable bonds is 7. The lowest BCUT2D eigenvalue weighted by molar-refractivity contribution is -0.117. The first kappa shape index (κ1) is 19.8. The summed E-state index contributed by atoms with van der Waals surface area (Å²) < 4.78 is 0. The van der Waals surface area contributed by atoms with E-state index in [9.17, 15) is 9.59 Å². The summed E-state index contributed by atoms with van der Waals surface area (Å²) in [5.74, 6) is 0.525. The minimum Gasteiger partial charge on any atom is -0.352 e. The Balaban J connectivity index is 0.00000400. The zero-order valence-corrected chi connectivity index (χ0v) is 13.9. The average Bonchev–Trinajstić information content (AvgIpc) is 2.45. The topological polar surface area (TPSA) is 84.2 Å². The Hall–Kier alpha value is -1.24. The van der Waals surface area contributed by atoms with Crippen molar-refractivity contribution in [1.29, 1.82) is 0 Å². The van der Waals surface area contributed by atoms with Gasteiger partial charge in [-0.05, 0) is 49.6 Å². The maximum absolute atomic E-state index is 11.8. The molecular weight excluding hydrogens is 310 g/mol. The minimum absolute atomic E-state index is 0. The van der Waals surface area contributed by atoms with Gasteiger partial charge in [-0.15, -0.1) is 12.4 Å². The molecule has 4 N–H and O–H groups in total. The van der Waals surface area contributed by atoms with Crippen molar-refractivity contribution in [3.05, 3.63) is 29.8 Å². The van der Waals surface area contributed by atoms with Crippen LogP contribution in [0.3, 0.4) is 0 Å². The molecule has 21 heavy (non-hydrogen) atoms. The molecule has 0 spiro atoms. The molecule has 0 bridgehead atoms. The molecule has 2 amide bonds. The number of carbonyl (C=O) groups is 2. The van der Waals surface area contributed by atoms with Crippen molar-refractivity contribution in [3.63, 3.8) is 0 Å². The summed E-state index contributed by atoms with van der Waals surface area (Å²) >= 11 is 1.66. The summed E-state index contributed by atoms with van der Waals surface area (Å²) in [7, 11) is 0. The number of hydrogen-bond acceptors (Lipinski definition) is 4. The van der Waals surface area contributed by atoms with Crippen molar-refractivity contribution in [3.8, 4) is 0 Å². The Kier molecular flexibility index (Phi) is 9.86. The zero-order chi connectivity index (χ0) is 15.0. The Labute approximate surface area is 135 Å². The van der Waals surface area contributed by atoms with Crippen LogP contribution in [0.25, 0.3) is 0 Å². The third-order valence-electron chi connectivity index (χ3n) is 2.72. The maximum Gasteiger partial charge on any atom is 0.251 e. The summed E-state index contributed by atoms with van der Waals surface area (Å²) in [6.07, 6.45) is 2.62. The van der Waals surface area contributed by atoms with Gasteiger partial charge in [-0.2, -0.15) is 11.8 Å². The van der Waals surface area contributed by atoms with E-state index in [1.165, 1.54) is 0 Å². The van der Waals surface area contributed by atoms with E-state index in [1.54, 1.807) is 36.0 Å². The molecule has 0 unspecified atom stereocenters. The maximum atomic E-state index is 11.8. The normalized spacial score (nSPS) is 11.2. The first-order valence-electron chi connectivity index (χ1n) is 6.52. The van der Waals surface area contributed by atoms with Crippen LogP contribution in [0.1, 0.15) is 23.7 Å². The van der Waals surface area contributed by atoms with Crippen LogP contribution in [0.15, 0.2) is 24.3 Å². The van der Waals surface area contributed by atoms with E-state index >= 15 is 0 Å². The predicted octanol–water partition coefficient (Wildman–Crippen LogP) is 1.88. The summed E-state index contributed by atoms with van der Waals surface area (Å²) in [5, 5.41) is 5.46. The van der Waals surface area contributed by atoms with Crippen molar-refractivity contribution < 1.29 is 9.59 Å². The number of carbonyl (C=O) groups excluding carboxylic acids is 2. The molecule has 0 saturated carbocycles. The molecule has 1 rings (SSSR count). The number of benzene rings is 1. The minimum atomic E-state index is -0.509. The van der Waals surface area contributed by atoms with Crippen molar-refractivity contribution in [2.75, 3.05) is 23.9 Å². The molecule has 118 valence electrons. The Morgan fingerprint density at radius 3 is 2.43 bits per heavy atom. The first-order valence-corrected chi connectivity index (χ1v) is 7.91. The number of thioether (sulfide) groups is 1. The Bertz CT molecular complexity index is 454. The highest BCUT2D eigenvalue weighted by Gasteiger charge is 2.13. The lowest BCUT2D eigenvalue weighted by atomic mass is 10.1. The predicted molar refractivity (Wildman–Crippen MR) is 91.3 cm³/mol. The Morgan fingerprint density at radius 1 is 1.29 bits per heavy atom. The van der Waals surface area contributed by atoms with Gasteiger partial charge in [0.1, 0.15) is 0 Å². The molecule has 1 atom stereocenters. The summed E-state index contributed by atoms with van der Waals surface area (Å²) in [4.78, 5) is 23.4. The fraction of sp³-hybridized carbons (Fsp3) is 0.429. The van der Waals surface area contributed by atoms with Gasteiger partial charge in [0.2, 0.25) is 5.91 Å². The van der Waals surface area contributed by atoms with E-state index in [0.29, 0.717) is 24.2 Å². The smallest absolute Gasteiger partial charge is 0.251 e. The van der Waals surface area contributed by atoms with Crippen LogP contribution < -0.4 is 16.4 Å². The largest absolute Gasteiger partial charge is 0.352 e. The second kappa shape index (κ2) is 10.5. The van der Waals surface area contributed by atoms with E-state index in [0.717, 1.165) is 5.75 Å². The molecule has 0 aliphatic carbocycles. The van der Waals surface area contributed by atoms with Gasteiger partial charge in [-0.3, -0.25) is 9.59 Å². The quantitative estimate of drug-likeness (QED) is 0.712. The number of nitrogens with two attached hydrogens (primary N) is 1. The van der Waals surface area contributed by atoms with Crippen LogP contribution in [0.5, 0.6) is 0 Å². The molecule has 1 aromatic carbocycles. The molecular formula is C14H22ClN3O2S. The fourth-order valence-corrected chi connectivity index (χ4v) is 2.07. The van der Waals surface area contributed by atoms with Crippen LogP contribution in [-0.4, -0.2) is 36.4 Å². The number of amides is 2. The number of nitrogens with one attached hydrogen (secondary N) is 2. The number of hydrogen-bond donors (Lipinski definition) is 3. The summed E-state index contributed by atoms with van der Waals surface area (Å²) in [6.45, 7) is 2.45. The highest BCUT2D eigenvalue weighted by atomic mass is 35.5. The Morgan fingerprint density at radius 2 is 1.90 bits per heavy atom. The van der Waals surface area contributed by atoms with Gasteiger partial charge in [-0.25, -0.2) is 0 Å². The number of anilines is 1. The van der Waals surface area contributed by atoms with Gasteiger partial charge in [0.15, 0.2) is 0 Å². The molecule has 0 aromatic heterocycles. The van der Waals surface area contributed by atoms with Gasteiger partial charge < -0.3 is 16.4 Å².